The number of nitrogens with one attached hydrogen (secondary N) is 2. The molecule has 0 fully saturated rings. The van der Waals surface area contributed by atoms with Crippen molar-refractivity contribution in [1.82, 2.24) is 15.0 Å². The molecule has 4 N–H and O–H groups in total. The fourth-order valence-corrected chi connectivity index (χ4v) is 2.96. The van der Waals surface area contributed by atoms with Crippen LogP contribution in [-0.2, 0) is 0 Å². The fraction of sp³-hybridized carbons (Fsp3) is 0. The van der Waals surface area contributed by atoms with Gasteiger partial charge in [0.15, 0.2) is 0 Å². The van der Waals surface area contributed by atoms with Crippen molar-refractivity contribution in [1.29, 1.82) is 5.26 Å². The number of para-hydroxylation sites is 1. The van der Waals surface area contributed by atoms with Crippen LogP contribution in [-0.4, -0.2) is 15.0 Å². The molecule has 136 valence electrons. The Morgan fingerprint density at radius 1 is 1.00 bits per heavy atom. The lowest BCUT2D eigenvalue weighted by molar-refractivity contribution is 0.483. The monoisotopic (exact) mass is 371 g/mol. The number of H-pyrrole nitrogens is 2. The van der Waals surface area contributed by atoms with E-state index in [0.717, 1.165) is 0 Å². The zero-order valence-electron chi connectivity index (χ0n) is 14.4. The van der Waals surface area contributed by atoms with Crippen molar-refractivity contribution in [3.63, 3.8) is 0 Å². The minimum absolute atomic E-state index is 0.00892. The molecule has 2 aromatic heterocycles. The normalized spacial score (nSPS) is 10.5. The first-order chi connectivity index (χ1) is 13.6. The highest BCUT2D eigenvalue weighted by Crippen LogP contribution is 2.34. The number of pyridine rings is 1. The number of hydrogen-bond donors (Lipinski definition) is 3. The summed E-state index contributed by atoms with van der Waals surface area (Å²) in [5, 5.41) is 9.66. The summed E-state index contributed by atoms with van der Waals surface area (Å²) >= 11 is 0. The van der Waals surface area contributed by atoms with Crippen molar-refractivity contribution in [3.8, 4) is 28.7 Å². The number of fused-ring (bicyclic) bond motifs is 1. The molecular weight excluding hydrogens is 358 g/mol. The van der Waals surface area contributed by atoms with Crippen molar-refractivity contribution >= 4 is 16.9 Å². The second kappa shape index (κ2) is 6.74. The van der Waals surface area contributed by atoms with E-state index < -0.39 is 11.2 Å². The Morgan fingerprint density at radius 3 is 2.50 bits per heavy atom. The molecule has 8 nitrogen and oxygen atoms in total. The van der Waals surface area contributed by atoms with Gasteiger partial charge in [-0.3, -0.25) is 14.8 Å². The van der Waals surface area contributed by atoms with E-state index in [-0.39, 0.29) is 28.0 Å². The van der Waals surface area contributed by atoms with Gasteiger partial charge in [0.2, 0.25) is 0 Å². The van der Waals surface area contributed by atoms with Crippen LogP contribution in [0.25, 0.3) is 22.2 Å². The summed E-state index contributed by atoms with van der Waals surface area (Å²) in [4.78, 5) is 32.6. The first-order valence-electron chi connectivity index (χ1n) is 8.26. The zero-order valence-corrected chi connectivity index (χ0v) is 14.4. The number of hydrogen-bond acceptors (Lipinski definition) is 6. The second-order valence-corrected chi connectivity index (χ2v) is 5.93. The molecule has 0 bridgehead atoms. The molecule has 0 aliphatic carbocycles. The first-order valence-corrected chi connectivity index (χ1v) is 8.26. The third-order valence-electron chi connectivity index (χ3n) is 4.12. The largest absolute Gasteiger partial charge is 0.457 e. The molecule has 8 heteroatoms. The van der Waals surface area contributed by atoms with Crippen LogP contribution < -0.4 is 21.7 Å². The molecular formula is C20H13N5O3. The number of nitriles is 1. The molecule has 28 heavy (non-hydrogen) atoms. The Bertz CT molecular complexity index is 1350. The molecule has 0 aliphatic rings. The lowest BCUT2D eigenvalue weighted by Gasteiger charge is -2.12. The average molecular weight is 371 g/mol. The average Bonchev–Trinajstić information content (AvgIpc) is 2.67. The van der Waals surface area contributed by atoms with Crippen molar-refractivity contribution in [2.45, 2.75) is 0 Å². The number of benzene rings is 2. The van der Waals surface area contributed by atoms with E-state index >= 15 is 0 Å². The Kier molecular flexibility index (Phi) is 4.10. The van der Waals surface area contributed by atoms with Crippen LogP contribution in [0.2, 0.25) is 0 Å². The van der Waals surface area contributed by atoms with Gasteiger partial charge in [-0.15, -0.1) is 0 Å². The maximum atomic E-state index is 12.5. The third kappa shape index (κ3) is 2.97. The summed E-state index contributed by atoms with van der Waals surface area (Å²) in [6.07, 6.45) is 0. The Hall–Kier alpha value is -4.38. The molecule has 0 radical (unpaired) electrons. The minimum atomic E-state index is -0.707. The van der Waals surface area contributed by atoms with Gasteiger partial charge in [-0.25, -0.2) is 9.78 Å². The van der Waals surface area contributed by atoms with Gasteiger partial charge < -0.3 is 10.5 Å². The van der Waals surface area contributed by atoms with Gasteiger partial charge in [0.25, 0.3) is 5.56 Å². The Labute approximate surface area is 157 Å². The van der Waals surface area contributed by atoms with Crippen LogP contribution in [0.4, 0.5) is 5.82 Å². The molecule has 0 amide bonds. The molecule has 4 rings (SSSR count). The summed E-state index contributed by atoms with van der Waals surface area (Å²) in [7, 11) is 0. The number of ether oxygens (including phenoxy) is 1. The van der Waals surface area contributed by atoms with Gasteiger partial charge in [-0.2, -0.15) is 5.26 Å². The highest BCUT2D eigenvalue weighted by Gasteiger charge is 2.19. The SMILES string of the molecule is N#Cc1c(N)nc2[nH]c(=O)[nH]c(=O)c2c1-c1cccc(Oc2ccccc2)c1. The van der Waals surface area contributed by atoms with E-state index in [2.05, 4.69) is 15.0 Å². The van der Waals surface area contributed by atoms with Crippen molar-refractivity contribution in [3.05, 3.63) is 81.0 Å². The maximum Gasteiger partial charge on any atom is 0.327 e. The van der Waals surface area contributed by atoms with Gasteiger partial charge in [0.1, 0.15) is 34.6 Å². The van der Waals surface area contributed by atoms with Gasteiger partial charge in [0.05, 0.1) is 5.39 Å². The van der Waals surface area contributed by atoms with E-state index in [1.807, 2.05) is 36.4 Å². The molecule has 2 heterocycles. The van der Waals surface area contributed by atoms with Crippen LogP contribution >= 0.6 is 0 Å². The molecule has 0 saturated heterocycles. The van der Waals surface area contributed by atoms with Crippen LogP contribution in [0.3, 0.4) is 0 Å². The van der Waals surface area contributed by atoms with Gasteiger partial charge in [0, 0.05) is 5.56 Å². The predicted octanol–water partition coefficient (Wildman–Crippen LogP) is 2.52. The molecule has 0 atom stereocenters. The van der Waals surface area contributed by atoms with E-state index in [9.17, 15) is 14.9 Å². The smallest absolute Gasteiger partial charge is 0.327 e. The van der Waals surface area contributed by atoms with Gasteiger partial charge in [-0.1, -0.05) is 30.3 Å². The maximum absolute atomic E-state index is 12.5. The summed E-state index contributed by atoms with van der Waals surface area (Å²) < 4.78 is 5.83. The van der Waals surface area contributed by atoms with Gasteiger partial charge >= 0.3 is 5.69 Å². The first kappa shape index (κ1) is 17.1. The molecule has 2 aromatic carbocycles. The molecule has 4 aromatic rings. The number of aromatic nitrogens is 3. The van der Waals surface area contributed by atoms with Crippen molar-refractivity contribution in [2.75, 3.05) is 5.73 Å². The molecule has 0 aliphatic heterocycles. The van der Waals surface area contributed by atoms with Crippen LogP contribution in [0, 0.1) is 11.3 Å². The van der Waals surface area contributed by atoms with Crippen molar-refractivity contribution < 1.29 is 4.74 Å². The van der Waals surface area contributed by atoms with E-state index in [1.54, 1.807) is 24.3 Å². The Morgan fingerprint density at radius 2 is 1.75 bits per heavy atom. The number of aromatic amines is 2. The standard InChI is InChI=1S/C20H13N5O3/c21-10-14-15(16-18(23-17(14)22)24-20(27)25-19(16)26)11-5-4-8-13(9-11)28-12-6-2-1-3-7-12/h1-9H,(H4,22,23,24,25,26,27). The topological polar surface area (TPSA) is 138 Å². The van der Waals surface area contributed by atoms with Gasteiger partial charge in [-0.05, 0) is 29.8 Å². The third-order valence-corrected chi connectivity index (χ3v) is 4.12. The van der Waals surface area contributed by atoms with E-state index in [0.29, 0.717) is 17.1 Å². The van der Waals surface area contributed by atoms with Crippen LogP contribution in [0.1, 0.15) is 5.56 Å². The van der Waals surface area contributed by atoms with Crippen LogP contribution in [0.5, 0.6) is 11.5 Å². The summed E-state index contributed by atoms with van der Waals surface area (Å²) in [5.41, 5.74) is 5.39. The number of anilines is 1. The fourth-order valence-electron chi connectivity index (χ4n) is 2.96. The second-order valence-electron chi connectivity index (χ2n) is 5.93. The highest BCUT2D eigenvalue weighted by atomic mass is 16.5. The number of rotatable bonds is 3. The number of nitrogens with zero attached hydrogens (tertiary/aromatic N) is 2. The lowest BCUT2D eigenvalue weighted by atomic mass is 9.98. The molecule has 0 spiro atoms. The minimum Gasteiger partial charge on any atom is -0.457 e. The predicted molar refractivity (Wildman–Crippen MR) is 104 cm³/mol. The quantitative estimate of drug-likeness (QED) is 0.506. The van der Waals surface area contributed by atoms with E-state index in [4.69, 9.17) is 10.5 Å². The number of nitrogen functional groups attached to an aromatic ring is 1. The summed E-state index contributed by atoms with van der Waals surface area (Å²) in [6.45, 7) is 0. The zero-order chi connectivity index (χ0) is 19.7. The molecule has 0 unspecified atom stereocenters. The molecule has 0 saturated carbocycles. The lowest BCUT2D eigenvalue weighted by Crippen LogP contribution is -2.23. The van der Waals surface area contributed by atoms with Crippen LogP contribution in [0.15, 0.2) is 64.2 Å². The number of nitrogens with two attached hydrogens (primary N) is 1. The summed E-state index contributed by atoms with van der Waals surface area (Å²) in [6, 6.07) is 18.1. The highest BCUT2D eigenvalue weighted by molar-refractivity contribution is 5.97. The Balaban J connectivity index is 1.97. The van der Waals surface area contributed by atoms with E-state index in [1.165, 1.54) is 0 Å². The van der Waals surface area contributed by atoms with Crippen molar-refractivity contribution in [2.24, 2.45) is 0 Å². The summed E-state index contributed by atoms with van der Waals surface area (Å²) in [5.74, 6) is 1.07.